The third-order valence-electron chi connectivity index (χ3n) is 6.09. The summed E-state index contributed by atoms with van der Waals surface area (Å²) in [7, 11) is 1.59. The molecule has 0 radical (unpaired) electrons. The Hall–Kier alpha value is -2.79. The van der Waals surface area contributed by atoms with Crippen molar-refractivity contribution < 1.29 is 23.0 Å². The van der Waals surface area contributed by atoms with Crippen LogP contribution in [0.5, 0.6) is 5.88 Å². The highest BCUT2D eigenvalue weighted by Crippen LogP contribution is 2.66. The minimum Gasteiger partial charge on any atom is -0.476 e. The number of hydrogen-bond donors (Lipinski definition) is 2. The van der Waals surface area contributed by atoms with Crippen LogP contribution in [-0.4, -0.2) is 46.1 Å². The van der Waals surface area contributed by atoms with Gasteiger partial charge in [-0.15, -0.1) is 0 Å². The SMILES string of the molecule is COC[C@]12C[C@H]1[C@](C)(c1cc(NC(=O)c3cnc(OCC(C)(C)C)cn3)cc(F)c1F)N=C(N)S2. The monoisotopic (exact) mass is 505 g/mol. The molecule has 1 aliphatic carbocycles. The minimum atomic E-state index is -1.11. The molecular weight excluding hydrogens is 476 g/mol. The molecule has 11 heteroatoms. The van der Waals surface area contributed by atoms with E-state index in [1.807, 2.05) is 20.8 Å². The van der Waals surface area contributed by atoms with Crippen molar-refractivity contribution in [3.8, 4) is 5.88 Å². The van der Waals surface area contributed by atoms with Crippen LogP contribution in [0.2, 0.25) is 0 Å². The van der Waals surface area contributed by atoms with Gasteiger partial charge in [-0.3, -0.25) is 9.79 Å². The number of anilines is 1. The number of rotatable bonds is 7. The second-order valence-corrected chi connectivity index (χ2v) is 11.8. The molecule has 2 aromatic rings. The molecule has 4 rings (SSSR count). The quantitative estimate of drug-likeness (QED) is 0.582. The molecule has 3 N–H and O–H groups in total. The van der Waals surface area contributed by atoms with Crippen LogP contribution < -0.4 is 15.8 Å². The van der Waals surface area contributed by atoms with Gasteiger partial charge in [0.05, 0.1) is 35.9 Å². The summed E-state index contributed by atoms with van der Waals surface area (Å²) < 4.78 is 40.3. The maximum Gasteiger partial charge on any atom is 0.275 e. The van der Waals surface area contributed by atoms with Gasteiger partial charge in [-0.25, -0.2) is 18.7 Å². The van der Waals surface area contributed by atoms with Crippen LogP contribution in [0.4, 0.5) is 14.5 Å². The predicted molar refractivity (Wildman–Crippen MR) is 131 cm³/mol. The molecule has 8 nitrogen and oxygen atoms in total. The van der Waals surface area contributed by atoms with E-state index in [-0.39, 0.29) is 44.1 Å². The number of nitrogens with one attached hydrogen (secondary N) is 1. The van der Waals surface area contributed by atoms with Gasteiger partial charge in [0.25, 0.3) is 5.91 Å². The van der Waals surface area contributed by atoms with Crippen molar-refractivity contribution in [3.63, 3.8) is 0 Å². The average Bonchev–Trinajstić information content (AvgIpc) is 3.49. The van der Waals surface area contributed by atoms with E-state index in [1.165, 1.54) is 30.2 Å². The molecule has 188 valence electrons. The van der Waals surface area contributed by atoms with Gasteiger partial charge in [0.2, 0.25) is 5.88 Å². The lowest BCUT2D eigenvalue weighted by molar-refractivity contribution is 0.102. The Morgan fingerprint density at radius 1 is 1.29 bits per heavy atom. The van der Waals surface area contributed by atoms with E-state index in [4.69, 9.17) is 15.2 Å². The number of carbonyl (C=O) groups is 1. The molecule has 0 spiro atoms. The number of hydrogen-bond acceptors (Lipinski definition) is 8. The number of methoxy groups -OCH3 is 1. The number of benzene rings is 1. The first-order valence-electron chi connectivity index (χ1n) is 11.2. The van der Waals surface area contributed by atoms with Crippen molar-refractivity contribution in [3.05, 3.63) is 47.4 Å². The fourth-order valence-corrected chi connectivity index (χ4v) is 5.80. The van der Waals surface area contributed by atoms with Gasteiger partial charge >= 0.3 is 0 Å². The smallest absolute Gasteiger partial charge is 0.275 e. The molecule has 35 heavy (non-hydrogen) atoms. The Balaban J connectivity index is 1.56. The molecule has 1 aliphatic heterocycles. The van der Waals surface area contributed by atoms with E-state index in [2.05, 4.69) is 20.3 Å². The van der Waals surface area contributed by atoms with Crippen molar-refractivity contribution in [2.24, 2.45) is 22.1 Å². The van der Waals surface area contributed by atoms with Gasteiger partial charge in [0.15, 0.2) is 16.8 Å². The number of carbonyl (C=O) groups excluding carboxylic acids is 1. The van der Waals surface area contributed by atoms with Gasteiger partial charge < -0.3 is 20.5 Å². The van der Waals surface area contributed by atoms with Crippen LogP contribution in [0.3, 0.4) is 0 Å². The van der Waals surface area contributed by atoms with Gasteiger partial charge in [0, 0.05) is 30.3 Å². The molecule has 1 amide bonds. The Kier molecular flexibility index (Phi) is 6.52. The standard InChI is InChI=1S/C24H29F2N5O3S/c1-22(2,3)11-34-18-10-28-16(9-29-18)20(32)30-13-6-14(19(26)15(25)7-13)23(4)17-8-24(17,12-33-5)35-21(27)31-23/h6-7,9-10,17H,8,11-12H2,1-5H3,(H2,27,31)(H,30,32)/t17-,23-,24+/m0/s1. The van der Waals surface area contributed by atoms with Crippen LogP contribution in [0.15, 0.2) is 29.5 Å². The predicted octanol–water partition coefficient (Wildman–Crippen LogP) is 4.11. The largest absolute Gasteiger partial charge is 0.476 e. The van der Waals surface area contributed by atoms with E-state index in [9.17, 15) is 9.18 Å². The number of amidine groups is 1. The first kappa shape index (κ1) is 25.3. The highest BCUT2D eigenvalue weighted by molar-refractivity contribution is 8.15. The first-order valence-corrected chi connectivity index (χ1v) is 12.0. The molecule has 0 saturated heterocycles. The number of aliphatic imine (C=N–C) groups is 1. The number of nitrogens with two attached hydrogens (primary N) is 1. The third-order valence-corrected chi connectivity index (χ3v) is 7.36. The molecule has 0 unspecified atom stereocenters. The highest BCUT2D eigenvalue weighted by atomic mass is 32.2. The number of fused-ring (bicyclic) bond motifs is 1. The molecule has 1 saturated carbocycles. The summed E-state index contributed by atoms with van der Waals surface area (Å²) in [5, 5.41) is 2.86. The second kappa shape index (κ2) is 9.02. The van der Waals surface area contributed by atoms with Gasteiger partial charge in [-0.1, -0.05) is 32.5 Å². The molecule has 2 aliphatic rings. The maximum absolute atomic E-state index is 15.0. The molecule has 1 aromatic carbocycles. The van der Waals surface area contributed by atoms with E-state index < -0.39 is 23.1 Å². The second-order valence-electron chi connectivity index (χ2n) is 10.3. The van der Waals surface area contributed by atoms with Crippen molar-refractivity contribution in [2.75, 3.05) is 25.6 Å². The Morgan fingerprint density at radius 3 is 2.66 bits per heavy atom. The molecule has 1 fully saturated rings. The minimum absolute atomic E-state index is 0.00300. The number of ether oxygens (including phenoxy) is 2. The van der Waals surface area contributed by atoms with Crippen molar-refractivity contribution in [1.82, 2.24) is 9.97 Å². The Morgan fingerprint density at radius 2 is 2.03 bits per heavy atom. The summed E-state index contributed by atoms with van der Waals surface area (Å²) in [4.78, 5) is 25.4. The number of nitrogens with zero attached hydrogens (tertiary/aromatic N) is 3. The highest BCUT2D eigenvalue weighted by Gasteiger charge is 2.66. The van der Waals surface area contributed by atoms with Crippen LogP contribution in [0.25, 0.3) is 0 Å². The summed E-state index contributed by atoms with van der Waals surface area (Å²) in [6, 6.07) is 2.32. The lowest BCUT2D eigenvalue weighted by atomic mass is 9.85. The molecule has 3 atom stereocenters. The van der Waals surface area contributed by atoms with Crippen LogP contribution in [0.1, 0.15) is 50.2 Å². The summed E-state index contributed by atoms with van der Waals surface area (Å²) in [5.74, 6) is -2.55. The average molecular weight is 506 g/mol. The van der Waals surface area contributed by atoms with Crippen molar-refractivity contribution in [1.29, 1.82) is 0 Å². The summed E-state index contributed by atoms with van der Waals surface area (Å²) in [6.07, 6.45) is 3.31. The molecule has 0 bridgehead atoms. The Bertz CT molecular complexity index is 1170. The van der Waals surface area contributed by atoms with Gasteiger partial charge in [-0.2, -0.15) is 0 Å². The van der Waals surface area contributed by atoms with E-state index in [0.29, 0.717) is 19.6 Å². The normalized spacial score (nSPS) is 25.5. The zero-order chi connectivity index (χ0) is 25.6. The van der Waals surface area contributed by atoms with Crippen molar-refractivity contribution >= 4 is 28.5 Å². The fourth-order valence-electron chi connectivity index (χ4n) is 4.35. The molecular formula is C24H29F2N5O3S. The zero-order valence-corrected chi connectivity index (χ0v) is 21.1. The summed E-state index contributed by atoms with van der Waals surface area (Å²) >= 11 is 1.40. The number of thioether (sulfide) groups is 1. The Labute approximate surface area is 207 Å². The van der Waals surface area contributed by atoms with E-state index >= 15 is 4.39 Å². The lowest BCUT2D eigenvalue weighted by Gasteiger charge is -2.34. The maximum atomic E-state index is 15.0. The van der Waals surface area contributed by atoms with Crippen LogP contribution in [-0.2, 0) is 10.3 Å². The number of halogens is 2. The van der Waals surface area contributed by atoms with Crippen LogP contribution >= 0.6 is 11.8 Å². The van der Waals surface area contributed by atoms with Crippen molar-refractivity contribution in [2.45, 2.75) is 44.4 Å². The van der Waals surface area contributed by atoms with Gasteiger partial charge in [-0.05, 0) is 24.8 Å². The first-order chi connectivity index (χ1) is 16.4. The molecule has 1 aromatic heterocycles. The van der Waals surface area contributed by atoms with E-state index in [0.717, 1.165) is 6.07 Å². The topological polar surface area (TPSA) is 112 Å². The fraction of sp³-hybridized carbons (Fsp3) is 0.500. The lowest BCUT2D eigenvalue weighted by Crippen LogP contribution is -2.38. The third kappa shape index (κ3) is 5.11. The summed E-state index contributed by atoms with van der Waals surface area (Å²) in [6.45, 7) is 8.64. The zero-order valence-electron chi connectivity index (χ0n) is 20.3. The molecule has 2 heterocycles. The van der Waals surface area contributed by atoms with Gasteiger partial charge in [0.1, 0.15) is 5.69 Å². The summed E-state index contributed by atoms with van der Waals surface area (Å²) in [5.41, 5.74) is 5.00. The van der Waals surface area contributed by atoms with Crippen LogP contribution in [0, 0.1) is 23.0 Å². The number of aromatic nitrogens is 2. The van der Waals surface area contributed by atoms with E-state index in [1.54, 1.807) is 14.0 Å². The number of amides is 1.